The van der Waals surface area contributed by atoms with E-state index in [1.807, 2.05) is 0 Å². The molecule has 0 rings (SSSR count). The number of unbranched alkanes of at least 4 members (excludes halogenated alkanes) is 28. The number of hydrogen-bond donors (Lipinski definition) is 3. The van der Waals surface area contributed by atoms with E-state index in [-0.39, 0.29) is 24.9 Å². The molecule has 0 saturated heterocycles. The second-order valence-corrected chi connectivity index (χ2v) is 17.9. The van der Waals surface area contributed by atoms with Crippen LogP contribution in [0.15, 0.2) is 48.6 Å². The largest absolute Gasteiger partial charge is 0.462 e. The van der Waals surface area contributed by atoms with E-state index < -0.39 is 18.2 Å². The number of carbonyl (C=O) groups is 2. The average molecular weight is 856 g/mol. The second-order valence-electron chi connectivity index (χ2n) is 17.9. The zero-order valence-corrected chi connectivity index (χ0v) is 40.5. The molecule has 0 aliphatic carbocycles. The highest BCUT2D eigenvalue weighted by molar-refractivity contribution is 5.77. The van der Waals surface area contributed by atoms with Gasteiger partial charge < -0.3 is 20.3 Å². The number of ether oxygens (including phenoxy) is 1. The van der Waals surface area contributed by atoms with Crippen molar-refractivity contribution in [2.45, 2.75) is 283 Å². The Morgan fingerprint density at radius 3 is 1.41 bits per heavy atom. The third kappa shape index (κ3) is 44.2. The fourth-order valence-corrected chi connectivity index (χ4v) is 7.87. The molecule has 0 aromatic heterocycles. The van der Waals surface area contributed by atoms with Crippen LogP contribution in [0.25, 0.3) is 0 Å². The fraction of sp³-hybridized carbons (Fsp3) is 0.818. The van der Waals surface area contributed by atoms with Gasteiger partial charge in [0.25, 0.3) is 0 Å². The molecule has 61 heavy (non-hydrogen) atoms. The molecular formula is C55H101NO5. The van der Waals surface area contributed by atoms with E-state index in [0.29, 0.717) is 19.3 Å². The number of nitrogens with one attached hydrogen (secondary N) is 1. The molecule has 356 valence electrons. The molecule has 3 N–H and O–H groups in total. The first kappa shape index (κ1) is 58.8. The number of aliphatic hydroxyl groups excluding tert-OH is 2. The van der Waals surface area contributed by atoms with Gasteiger partial charge in [-0.2, -0.15) is 0 Å². The summed E-state index contributed by atoms with van der Waals surface area (Å²) >= 11 is 0. The zero-order chi connectivity index (χ0) is 44.5. The van der Waals surface area contributed by atoms with E-state index >= 15 is 0 Å². The van der Waals surface area contributed by atoms with Gasteiger partial charge in [0.2, 0.25) is 5.91 Å². The number of aliphatic hydroxyl groups is 2. The van der Waals surface area contributed by atoms with Gasteiger partial charge in [-0.15, -0.1) is 0 Å². The Balaban J connectivity index is 4.63. The van der Waals surface area contributed by atoms with E-state index in [9.17, 15) is 19.8 Å². The minimum Gasteiger partial charge on any atom is -0.462 e. The summed E-state index contributed by atoms with van der Waals surface area (Å²) in [6.07, 6.45) is 58.9. The van der Waals surface area contributed by atoms with E-state index in [0.717, 1.165) is 70.6 Å². The number of carbonyl (C=O) groups excluding carboxylic acids is 2. The molecule has 0 saturated carbocycles. The lowest BCUT2D eigenvalue weighted by Gasteiger charge is -2.24. The number of rotatable bonds is 47. The van der Waals surface area contributed by atoms with E-state index in [1.54, 1.807) is 0 Å². The van der Waals surface area contributed by atoms with Gasteiger partial charge >= 0.3 is 5.97 Å². The van der Waals surface area contributed by atoms with Gasteiger partial charge in [0.15, 0.2) is 0 Å². The maximum Gasteiger partial charge on any atom is 0.306 e. The smallest absolute Gasteiger partial charge is 0.306 e. The van der Waals surface area contributed by atoms with Gasteiger partial charge in [-0.25, -0.2) is 0 Å². The topological polar surface area (TPSA) is 95.9 Å². The molecule has 0 aromatic rings. The third-order valence-corrected chi connectivity index (χ3v) is 11.9. The van der Waals surface area contributed by atoms with Crippen LogP contribution in [0.3, 0.4) is 0 Å². The lowest BCUT2D eigenvalue weighted by molar-refractivity contribution is -0.151. The average Bonchev–Trinajstić information content (AvgIpc) is 3.25. The molecule has 0 fully saturated rings. The number of amides is 1. The number of esters is 1. The van der Waals surface area contributed by atoms with Crippen LogP contribution in [0.2, 0.25) is 0 Å². The summed E-state index contributed by atoms with van der Waals surface area (Å²) in [4.78, 5) is 26.1. The van der Waals surface area contributed by atoms with Crippen molar-refractivity contribution in [3.8, 4) is 0 Å². The van der Waals surface area contributed by atoms with Crippen LogP contribution >= 0.6 is 0 Å². The van der Waals surface area contributed by atoms with Gasteiger partial charge in [-0.1, -0.05) is 223 Å². The maximum atomic E-state index is 13.2. The molecule has 3 atom stereocenters. The van der Waals surface area contributed by atoms with Gasteiger partial charge in [-0.05, 0) is 77.0 Å². The zero-order valence-electron chi connectivity index (χ0n) is 40.5. The van der Waals surface area contributed by atoms with E-state index in [2.05, 4.69) is 74.7 Å². The van der Waals surface area contributed by atoms with E-state index in [4.69, 9.17) is 4.74 Å². The van der Waals surface area contributed by atoms with Crippen LogP contribution in [0, 0.1) is 0 Å². The van der Waals surface area contributed by atoms with Crippen molar-refractivity contribution in [2.24, 2.45) is 0 Å². The Labute approximate surface area is 378 Å². The van der Waals surface area contributed by atoms with Crippen molar-refractivity contribution in [1.82, 2.24) is 5.32 Å². The minimum absolute atomic E-state index is 0.0421. The summed E-state index contributed by atoms with van der Waals surface area (Å²) in [5, 5.41) is 23.7. The number of allylic oxidation sites excluding steroid dienone is 8. The predicted octanol–water partition coefficient (Wildman–Crippen LogP) is 15.8. The fourth-order valence-electron chi connectivity index (χ4n) is 7.87. The normalized spacial score (nSPS) is 13.6. The molecule has 0 aromatic carbocycles. The van der Waals surface area contributed by atoms with Gasteiger partial charge in [0.1, 0.15) is 6.10 Å². The molecule has 0 spiro atoms. The van der Waals surface area contributed by atoms with Gasteiger partial charge in [0, 0.05) is 6.42 Å². The van der Waals surface area contributed by atoms with Crippen molar-refractivity contribution in [1.29, 1.82) is 0 Å². The van der Waals surface area contributed by atoms with Crippen LogP contribution in [0.4, 0.5) is 0 Å². The van der Waals surface area contributed by atoms with Gasteiger partial charge in [-0.3, -0.25) is 9.59 Å². The van der Waals surface area contributed by atoms with Crippen molar-refractivity contribution < 1.29 is 24.5 Å². The minimum atomic E-state index is -0.799. The lowest BCUT2D eigenvalue weighted by Crippen LogP contribution is -2.46. The molecule has 0 heterocycles. The molecule has 3 unspecified atom stereocenters. The molecule has 0 aliphatic rings. The number of hydrogen-bond acceptors (Lipinski definition) is 5. The molecule has 1 amide bonds. The van der Waals surface area contributed by atoms with Crippen LogP contribution in [-0.2, 0) is 14.3 Å². The van der Waals surface area contributed by atoms with Crippen molar-refractivity contribution in [3.63, 3.8) is 0 Å². The van der Waals surface area contributed by atoms with Crippen LogP contribution in [0.5, 0.6) is 0 Å². The van der Waals surface area contributed by atoms with Gasteiger partial charge in [0.05, 0.1) is 25.2 Å². The first-order valence-electron chi connectivity index (χ1n) is 26.4. The highest BCUT2D eigenvalue weighted by Crippen LogP contribution is 2.17. The van der Waals surface area contributed by atoms with Crippen molar-refractivity contribution >= 4 is 11.9 Å². The van der Waals surface area contributed by atoms with E-state index in [1.165, 1.54) is 148 Å². The summed E-state index contributed by atoms with van der Waals surface area (Å²) in [5.74, 6) is -0.525. The Morgan fingerprint density at radius 2 is 0.902 bits per heavy atom. The molecule has 0 bridgehead atoms. The maximum absolute atomic E-state index is 13.2. The quantitative estimate of drug-likeness (QED) is 0.0245. The Bertz CT molecular complexity index is 1050. The Hall–Kier alpha value is -2.18. The molecule has 0 aliphatic heterocycles. The first-order valence-corrected chi connectivity index (χ1v) is 26.4. The molecule has 0 radical (unpaired) electrons. The summed E-state index contributed by atoms with van der Waals surface area (Å²) in [7, 11) is 0. The van der Waals surface area contributed by atoms with Crippen LogP contribution in [-0.4, -0.2) is 46.9 Å². The predicted molar refractivity (Wildman–Crippen MR) is 264 cm³/mol. The highest BCUT2D eigenvalue weighted by Gasteiger charge is 2.24. The second kappa shape index (κ2) is 48.8. The molecule has 6 heteroatoms. The third-order valence-electron chi connectivity index (χ3n) is 11.9. The molecule has 6 nitrogen and oxygen atoms in total. The van der Waals surface area contributed by atoms with Crippen molar-refractivity contribution in [2.75, 3.05) is 6.61 Å². The first-order chi connectivity index (χ1) is 30.0. The summed E-state index contributed by atoms with van der Waals surface area (Å²) < 4.78 is 5.91. The Morgan fingerprint density at radius 1 is 0.492 bits per heavy atom. The monoisotopic (exact) mass is 856 g/mol. The van der Waals surface area contributed by atoms with Crippen LogP contribution < -0.4 is 5.32 Å². The van der Waals surface area contributed by atoms with Crippen molar-refractivity contribution in [3.05, 3.63) is 48.6 Å². The summed E-state index contributed by atoms with van der Waals surface area (Å²) in [6, 6.07) is -0.716. The molecular weight excluding hydrogens is 755 g/mol. The highest BCUT2D eigenvalue weighted by atomic mass is 16.5. The summed E-state index contributed by atoms with van der Waals surface area (Å²) in [6.45, 7) is 6.44. The lowest BCUT2D eigenvalue weighted by atomic mass is 10.0. The SMILES string of the molecule is CCCCC/C=C\C/C=C\CCCCCCCCCC(=O)OC(CCC/C=C/C=C/CCCCCCCCC)CC(=O)NC(CO)C(O)CCCCCCCCCCCCC. The van der Waals surface area contributed by atoms with Crippen LogP contribution in [0.1, 0.15) is 265 Å². The summed E-state index contributed by atoms with van der Waals surface area (Å²) in [5.41, 5.74) is 0. The standard InChI is InChI=1S/C55H101NO5/c1-4-7-10-13-16-19-22-24-26-27-28-30-33-36-39-42-45-48-55(60)61-51(46-43-40-37-34-32-29-25-23-20-17-14-11-8-5-2)49-54(59)56-52(50-57)53(58)47-44-41-38-35-31-21-18-15-12-9-6-3/h16,19,24,26,29,32,34,37,51-53,57-58H,4-15,17-18,20-23,25,27-28,30-31,33,35-36,38-50H2,1-3H3,(H,56,59)/b19-16-,26-24-,32-29+,37-34+. The Kier molecular flexibility index (Phi) is 47.1.